The number of nitrogens with zero attached hydrogens (tertiary/aromatic N) is 1. The van der Waals surface area contributed by atoms with Crippen LogP contribution in [0.4, 0.5) is 0 Å². The lowest BCUT2D eigenvalue weighted by atomic mass is 10.2. The van der Waals surface area contributed by atoms with Crippen molar-refractivity contribution in [1.29, 1.82) is 0 Å². The van der Waals surface area contributed by atoms with Crippen molar-refractivity contribution in [3.8, 4) is 11.2 Å². The SMILES string of the molecule is Cc1nc2ccc(C#CSI)cc2[nH]1. The van der Waals surface area contributed by atoms with E-state index in [1.165, 1.54) is 8.93 Å². The molecule has 0 unspecified atom stereocenters. The molecule has 0 saturated heterocycles. The fourth-order valence-electron chi connectivity index (χ4n) is 1.29. The molecule has 0 aliphatic carbocycles. The van der Waals surface area contributed by atoms with Crippen LogP contribution < -0.4 is 0 Å². The fraction of sp³-hybridized carbons (Fsp3) is 0.100. The van der Waals surface area contributed by atoms with E-state index in [1.807, 2.05) is 25.1 Å². The summed E-state index contributed by atoms with van der Waals surface area (Å²) in [5.74, 6) is 3.99. The first-order chi connectivity index (χ1) is 6.79. The average molecular weight is 314 g/mol. The lowest BCUT2D eigenvalue weighted by Crippen LogP contribution is -1.74. The standard InChI is InChI=1S/C10H7IN2S/c1-7-12-9-3-2-8(4-5-14-11)6-10(9)13-7/h2-3,6H,1H3,(H,12,13). The molecule has 0 aliphatic rings. The number of H-pyrrole nitrogens is 1. The van der Waals surface area contributed by atoms with Gasteiger partial charge in [-0.25, -0.2) is 4.98 Å². The quantitative estimate of drug-likeness (QED) is 0.597. The Morgan fingerprint density at radius 1 is 1.50 bits per heavy atom. The zero-order valence-corrected chi connectivity index (χ0v) is 10.4. The molecule has 14 heavy (non-hydrogen) atoms. The number of aromatic amines is 1. The highest BCUT2D eigenvalue weighted by atomic mass is 127. The number of hydrogen-bond acceptors (Lipinski definition) is 2. The van der Waals surface area contributed by atoms with E-state index < -0.39 is 0 Å². The molecule has 2 aromatic rings. The summed E-state index contributed by atoms with van der Waals surface area (Å²) in [4.78, 5) is 7.51. The molecule has 0 fully saturated rings. The summed E-state index contributed by atoms with van der Waals surface area (Å²) < 4.78 is 0. The average Bonchev–Trinajstić information content (AvgIpc) is 2.54. The van der Waals surface area contributed by atoms with Crippen molar-refractivity contribution in [1.82, 2.24) is 9.97 Å². The van der Waals surface area contributed by atoms with Crippen LogP contribution in [0.25, 0.3) is 11.0 Å². The predicted molar refractivity (Wildman–Crippen MR) is 69.3 cm³/mol. The van der Waals surface area contributed by atoms with Gasteiger partial charge in [-0.2, -0.15) is 0 Å². The minimum Gasteiger partial charge on any atom is -0.342 e. The molecular formula is C10H7IN2S. The summed E-state index contributed by atoms with van der Waals surface area (Å²) in [6.07, 6.45) is 0. The summed E-state index contributed by atoms with van der Waals surface area (Å²) in [5.41, 5.74) is 3.06. The lowest BCUT2D eigenvalue weighted by Gasteiger charge is -1.89. The molecule has 0 amide bonds. The first-order valence-electron chi connectivity index (χ1n) is 4.04. The van der Waals surface area contributed by atoms with Crippen molar-refractivity contribution in [2.24, 2.45) is 0 Å². The van der Waals surface area contributed by atoms with Gasteiger partial charge in [0.05, 0.1) is 11.0 Å². The summed E-state index contributed by atoms with van der Waals surface area (Å²) >= 11 is 2.16. The van der Waals surface area contributed by atoms with Crippen molar-refractivity contribution in [2.45, 2.75) is 6.92 Å². The highest BCUT2D eigenvalue weighted by Crippen LogP contribution is 2.13. The topological polar surface area (TPSA) is 28.7 Å². The summed E-state index contributed by atoms with van der Waals surface area (Å²) in [6.45, 7) is 1.95. The third-order valence-corrected chi connectivity index (χ3v) is 2.67. The van der Waals surface area contributed by atoms with Gasteiger partial charge in [-0.3, -0.25) is 0 Å². The van der Waals surface area contributed by atoms with Crippen molar-refractivity contribution >= 4 is 41.2 Å². The second-order valence-electron chi connectivity index (χ2n) is 2.86. The Kier molecular flexibility index (Phi) is 2.99. The van der Waals surface area contributed by atoms with E-state index in [9.17, 15) is 0 Å². The minimum absolute atomic E-state index is 0.938. The molecular weight excluding hydrogens is 307 g/mol. The molecule has 1 N–H and O–H groups in total. The van der Waals surface area contributed by atoms with Gasteiger partial charge in [-0.1, -0.05) is 5.92 Å². The third-order valence-electron chi connectivity index (χ3n) is 1.83. The number of hydrogen-bond donors (Lipinski definition) is 1. The van der Waals surface area contributed by atoms with Crippen LogP contribution in [0, 0.1) is 18.1 Å². The number of aromatic nitrogens is 2. The normalized spacial score (nSPS) is 9.86. The molecule has 2 rings (SSSR count). The van der Waals surface area contributed by atoms with Gasteiger partial charge in [-0.05, 0) is 39.3 Å². The van der Waals surface area contributed by atoms with Crippen molar-refractivity contribution < 1.29 is 0 Å². The molecule has 0 atom stereocenters. The first kappa shape index (κ1) is 9.87. The summed E-state index contributed by atoms with van der Waals surface area (Å²) in [6, 6.07) is 6.00. The van der Waals surface area contributed by atoms with Crippen LogP contribution >= 0.6 is 30.1 Å². The van der Waals surface area contributed by atoms with Gasteiger partial charge >= 0.3 is 0 Å². The van der Waals surface area contributed by atoms with Crippen LogP contribution in [0.3, 0.4) is 0 Å². The molecule has 0 bridgehead atoms. The summed E-state index contributed by atoms with van der Waals surface area (Å²) in [5, 5.41) is 2.96. The molecule has 4 heteroatoms. The smallest absolute Gasteiger partial charge is 0.104 e. The zero-order valence-electron chi connectivity index (χ0n) is 7.47. The highest BCUT2D eigenvalue weighted by Gasteiger charge is 1.98. The van der Waals surface area contributed by atoms with Crippen LogP contribution in [0.5, 0.6) is 0 Å². The predicted octanol–water partition coefficient (Wildman–Crippen LogP) is 3.26. The van der Waals surface area contributed by atoms with E-state index in [-0.39, 0.29) is 0 Å². The van der Waals surface area contributed by atoms with Gasteiger partial charge in [0.1, 0.15) is 5.82 Å². The van der Waals surface area contributed by atoms with E-state index in [2.05, 4.69) is 42.3 Å². The molecule has 70 valence electrons. The van der Waals surface area contributed by atoms with Gasteiger partial charge in [0.2, 0.25) is 0 Å². The van der Waals surface area contributed by atoms with Crippen molar-refractivity contribution in [2.75, 3.05) is 0 Å². The Labute approximate surface area is 98.5 Å². The Morgan fingerprint density at radius 3 is 3.14 bits per heavy atom. The number of fused-ring (bicyclic) bond motifs is 1. The first-order valence-corrected chi connectivity index (χ1v) is 7.40. The van der Waals surface area contributed by atoms with Gasteiger partial charge < -0.3 is 4.98 Å². The van der Waals surface area contributed by atoms with Gasteiger partial charge in [-0.15, -0.1) is 0 Å². The maximum Gasteiger partial charge on any atom is 0.104 e. The third kappa shape index (κ3) is 2.04. The fourth-order valence-corrected chi connectivity index (χ4v) is 1.78. The molecule has 0 radical (unpaired) electrons. The van der Waals surface area contributed by atoms with Crippen molar-refractivity contribution in [3.63, 3.8) is 0 Å². The number of halogens is 1. The van der Waals surface area contributed by atoms with E-state index >= 15 is 0 Å². The molecule has 0 spiro atoms. The molecule has 1 aromatic carbocycles. The van der Waals surface area contributed by atoms with E-state index in [4.69, 9.17) is 0 Å². The second kappa shape index (κ2) is 4.24. The Morgan fingerprint density at radius 2 is 2.36 bits per heavy atom. The second-order valence-corrected chi connectivity index (χ2v) is 4.54. The number of aryl methyl sites for hydroxylation is 1. The lowest BCUT2D eigenvalue weighted by molar-refractivity contribution is 1.17. The van der Waals surface area contributed by atoms with Crippen LogP contribution in [0.15, 0.2) is 18.2 Å². The van der Waals surface area contributed by atoms with Gasteiger partial charge in [0.25, 0.3) is 0 Å². The maximum atomic E-state index is 4.32. The number of benzene rings is 1. The number of imidazole rings is 1. The van der Waals surface area contributed by atoms with Crippen LogP contribution in [0.2, 0.25) is 0 Å². The van der Waals surface area contributed by atoms with Crippen LogP contribution in [-0.4, -0.2) is 9.97 Å². The minimum atomic E-state index is 0.938. The summed E-state index contributed by atoms with van der Waals surface area (Å²) in [7, 11) is 1.49. The van der Waals surface area contributed by atoms with E-state index in [0.717, 1.165) is 22.4 Å². The van der Waals surface area contributed by atoms with Crippen molar-refractivity contribution in [3.05, 3.63) is 29.6 Å². The molecule has 2 nitrogen and oxygen atoms in total. The molecule has 1 aromatic heterocycles. The van der Waals surface area contributed by atoms with E-state index in [1.54, 1.807) is 0 Å². The number of nitrogens with one attached hydrogen (secondary N) is 1. The largest absolute Gasteiger partial charge is 0.342 e. The molecule has 1 heterocycles. The van der Waals surface area contributed by atoms with Crippen LogP contribution in [-0.2, 0) is 0 Å². The highest BCUT2D eigenvalue weighted by molar-refractivity contribution is 14.2. The van der Waals surface area contributed by atoms with Gasteiger partial charge in [0, 0.05) is 26.8 Å². The van der Waals surface area contributed by atoms with E-state index in [0.29, 0.717) is 0 Å². The Hall–Kier alpha value is -0.670. The molecule has 0 aliphatic heterocycles. The zero-order chi connectivity index (χ0) is 9.97. The maximum absolute atomic E-state index is 4.32. The Balaban J connectivity index is 2.50. The van der Waals surface area contributed by atoms with Crippen LogP contribution in [0.1, 0.15) is 11.4 Å². The number of rotatable bonds is 0. The Bertz CT molecular complexity index is 522. The molecule has 0 saturated carbocycles. The monoisotopic (exact) mass is 314 g/mol. The van der Waals surface area contributed by atoms with Gasteiger partial charge in [0.15, 0.2) is 0 Å².